The zero-order valence-electron chi connectivity index (χ0n) is 14.6. The molecule has 5 rings (SSSR count). The van der Waals surface area contributed by atoms with E-state index in [9.17, 15) is 14.7 Å². The summed E-state index contributed by atoms with van der Waals surface area (Å²) in [5.41, 5.74) is 0.270. The fourth-order valence-electron chi connectivity index (χ4n) is 4.71. The van der Waals surface area contributed by atoms with Crippen LogP contribution in [0.4, 0.5) is 0 Å². The first-order chi connectivity index (χ1) is 13.1. The molecule has 0 bridgehead atoms. The second kappa shape index (κ2) is 5.79. The molecule has 1 spiro atoms. The lowest BCUT2D eigenvalue weighted by atomic mass is 10.0. The Labute approximate surface area is 156 Å². The summed E-state index contributed by atoms with van der Waals surface area (Å²) in [6.07, 6.45) is 2.26. The number of carbonyl (C=O) groups is 2. The molecule has 1 aromatic heterocycles. The van der Waals surface area contributed by atoms with E-state index in [0.29, 0.717) is 19.6 Å². The van der Waals surface area contributed by atoms with Crippen LogP contribution in [-0.4, -0.2) is 56.6 Å². The highest BCUT2D eigenvalue weighted by atomic mass is 16.5. The highest BCUT2D eigenvalue weighted by Crippen LogP contribution is 2.51. The summed E-state index contributed by atoms with van der Waals surface area (Å²) in [6, 6.07) is 12.3. The lowest BCUT2D eigenvalue weighted by molar-refractivity contribution is -0.138. The van der Waals surface area contributed by atoms with E-state index in [2.05, 4.69) is 4.98 Å². The number of benzene rings is 1. The quantitative estimate of drug-likeness (QED) is 0.876. The van der Waals surface area contributed by atoms with Crippen LogP contribution in [0.3, 0.4) is 0 Å². The standard InChI is InChI=1S/C20H19N3O4/c24-15-7-4-9-21-18(15)19(26)22-10-8-20-16(22)11-17(25)23(20)14(12-27-20)13-5-2-1-3-6-13/h1-7,9,14,16,24H,8,10-12H2/t14-,16+,20-/m0/s1. The zero-order valence-corrected chi connectivity index (χ0v) is 14.6. The van der Waals surface area contributed by atoms with E-state index in [1.807, 2.05) is 35.2 Å². The van der Waals surface area contributed by atoms with Crippen molar-refractivity contribution in [2.24, 2.45) is 0 Å². The molecular weight excluding hydrogens is 346 g/mol. The lowest BCUT2D eigenvalue weighted by Crippen LogP contribution is -2.49. The zero-order chi connectivity index (χ0) is 18.6. The van der Waals surface area contributed by atoms with Gasteiger partial charge in [-0.1, -0.05) is 30.3 Å². The molecule has 2 amide bonds. The van der Waals surface area contributed by atoms with Crippen LogP contribution in [-0.2, 0) is 9.53 Å². The number of likely N-dealkylation sites (tertiary alicyclic amines) is 1. The predicted octanol–water partition coefficient (Wildman–Crippen LogP) is 1.70. The maximum absolute atomic E-state index is 13.0. The van der Waals surface area contributed by atoms with Crippen LogP contribution in [0.25, 0.3) is 0 Å². The van der Waals surface area contributed by atoms with Gasteiger partial charge in [0.05, 0.1) is 25.1 Å². The Hall–Kier alpha value is -2.93. The van der Waals surface area contributed by atoms with Gasteiger partial charge >= 0.3 is 0 Å². The van der Waals surface area contributed by atoms with E-state index in [4.69, 9.17) is 4.74 Å². The molecule has 7 heteroatoms. The smallest absolute Gasteiger partial charge is 0.276 e. The van der Waals surface area contributed by atoms with E-state index >= 15 is 0 Å². The monoisotopic (exact) mass is 365 g/mol. The molecule has 3 aliphatic heterocycles. The third-order valence-electron chi connectivity index (χ3n) is 5.89. The van der Waals surface area contributed by atoms with E-state index in [0.717, 1.165) is 5.56 Å². The van der Waals surface area contributed by atoms with E-state index in [1.165, 1.54) is 12.3 Å². The van der Waals surface area contributed by atoms with Crippen molar-refractivity contribution in [2.75, 3.05) is 13.2 Å². The number of hydrogen-bond acceptors (Lipinski definition) is 5. The van der Waals surface area contributed by atoms with Crippen molar-refractivity contribution >= 4 is 11.8 Å². The summed E-state index contributed by atoms with van der Waals surface area (Å²) in [5, 5.41) is 9.99. The number of amides is 2. The highest BCUT2D eigenvalue weighted by molar-refractivity contribution is 5.96. The van der Waals surface area contributed by atoms with Crippen molar-refractivity contribution < 1.29 is 19.4 Å². The van der Waals surface area contributed by atoms with Gasteiger partial charge in [-0.2, -0.15) is 0 Å². The number of carbonyl (C=O) groups excluding carboxylic acids is 2. The largest absolute Gasteiger partial charge is 0.505 e. The maximum atomic E-state index is 13.0. The summed E-state index contributed by atoms with van der Waals surface area (Å²) in [6.45, 7) is 0.883. The maximum Gasteiger partial charge on any atom is 0.276 e. The Kier molecular flexibility index (Phi) is 3.48. The predicted molar refractivity (Wildman–Crippen MR) is 94.7 cm³/mol. The van der Waals surface area contributed by atoms with Gasteiger partial charge in [-0.25, -0.2) is 4.98 Å². The Bertz CT molecular complexity index is 918. The molecule has 2 aromatic rings. The molecule has 3 aliphatic rings. The summed E-state index contributed by atoms with van der Waals surface area (Å²) in [4.78, 5) is 33.3. The van der Waals surface area contributed by atoms with Gasteiger partial charge in [0.2, 0.25) is 5.91 Å². The van der Waals surface area contributed by atoms with Crippen molar-refractivity contribution in [3.05, 3.63) is 59.9 Å². The van der Waals surface area contributed by atoms with Gasteiger partial charge < -0.3 is 19.6 Å². The fourth-order valence-corrected chi connectivity index (χ4v) is 4.71. The first-order valence-corrected chi connectivity index (χ1v) is 9.08. The van der Waals surface area contributed by atoms with Crippen molar-refractivity contribution in [1.29, 1.82) is 0 Å². The van der Waals surface area contributed by atoms with Crippen LogP contribution in [0.5, 0.6) is 5.75 Å². The number of rotatable bonds is 2. The van der Waals surface area contributed by atoms with E-state index in [1.54, 1.807) is 11.0 Å². The second-order valence-electron chi connectivity index (χ2n) is 7.19. The minimum atomic E-state index is -0.780. The average molecular weight is 365 g/mol. The van der Waals surface area contributed by atoms with Crippen LogP contribution in [0, 0.1) is 0 Å². The van der Waals surface area contributed by atoms with Gasteiger partial charge in [0.15, 0.2) is 11.4 Å². The summed E-state index contributed by atoms with van der Waals surface area (Å²) in [7, 11) is 0. The van der Waals surface area contributed by atoms with Crippen LogP contribution in [0.15, 0.2) is 48.7 Å². The van der Waals surface area contributed by atoms with Crippen molar-refractivity contribution in [1.82, 2.24) is 14.8 Å². The molecule has 4 heterocycles. The number of hydrogen-bond donors (Lipinski definition) is 1. The molecule has 0 unspecified atom stereocenters. The summed E-state index contributed by atoms with van der Waals surface area (Å²) in [5.74, 6) is -0.524. The van der Waals surface area contributed by atoms with Crippen LogP contribution in [0.1, 0.15) is 34.9 Å². The molecule has 27 heavy (non-hydrogen) atoms. The van der Waals surface area contributed by atoms with Gasteiger partial charge in [-0.05, 0) is 17.7 Å². The normalized spacial score (nSPS) is 29.1. The SMILES string of the molecule is O=C(c1ncccc1O)N1CC[C@@]23OC[C@@H](c4ccccc4)N2C(=O)C[C@@H]13. The molecular formula is C20H19N3O4. The van der Waals surface area contributed by atoms with E-state index in [-0.39, 0.29) is 41.8 Å². The molecule has 1 aromatic carbocycles. The van der Waals surface area contributed by atoms with Gasteiger partial charge in [-0.3, -0.25) is 9.59 Å². The molecule has 138 valence electrons. The van der Waals surface area contributed by atoms with Gasteiger partial charge in [0.25, 0.3) is 5.91 Å². The Morgan fingerprint density at radius 2 is 2.04 bits per heavy atom. The molecule has 3 atom stereocenters. The van der Waals surface area contributed by atoms with Gasteiger partial charge in [0, 0.05) is 19.2 Å². The highest BCUT2D eigenvalue weighted by Gasteiger charge is 2.65. The third-order valence-corrected chi connectivity index (χ3v) is 5.89. The average Bonchev–Trinajstić information content (AvgIpc) is 3.31. The Morgan fingerprint density at radius 3 is 2.81 bits per heavy atom. The van der Waals surface area contributed by atoms with Crippen LogP contribution >= 0.6 is 0 Å². The number of aromatic nitrogens is 1. The molecule has 3 saturated heterocycles. The van der Waals surface area contributed by atoms with Gasteiger partial charge in [0.1, 0.15) is 5.75 Å². The summed E-state index contributed by atoms with van der Waals surface area (Å²) < 4.78 is 6.20. The Balaban J connectivity index is 1.48. The van der Waals surface area contributed by atoms with Crippen molar-refractivity contribution in [3.63, 3.8) is 0 Å². The van der Waals surface area contributed by atoms with Crippen LogP contribution < -0.4 is 0 Å². The summed E-state index contributed by atoms with van der Waals surface area (Å²) >= 11 is 0. The number of ether oxygens (including phenoxy) is 1. The molecule has 0 saturated carbocycles. The molecule has 0 aliphatic carbocycles. The third kappa shape index (κ3) is 2.21. The number of aromatic hydroxyl groups is 1. The minimum Gasteiger partial charge on any atom is -0.505 e. The lowest BCUT2D eigenvalue weighted by Gasteiger charge is -2.33. The van der Waals surface area contributed by atoms with Crippen molar-refractivity contribution in [2.45, 2.75) is 30.7 Å². The first-order valence-electron chi connectivity index (χ1n) is 9.08. The minimum absolute atomic E-state index is 0.00547. The topological polar surface area (TPSA) is 83.0 Å². The second-order valence-corrected chi connectivity index (χ2v) is 7.19. The molecule has 1 N–H and O–H groups in total. The molecule has 0 radical (unpaired) electrons. The molecule has 7 nitrogen and oxygen atoms in total. The van der Waals surface area contributed by atoms with Crippen molar-refractivity contribution in [3.8, 4) is 5.75 Å². The van der Waals surface area contributed by atoms with Crippen LogP contribution in [0.2, 0.25) is 0 Å². The number of pyridine rings is 1. The Morgan fingerprint density at radius 1 is 1.22 bits per heavy atom. The van der Waals surface area contributed by atoms with Gasteiger partial charge in [-0.15, -0.1) is 0 Å². The molecule has 3 fully saturated rings. The fraction of sp³-hybridized carbons (Fsp3) is 0.350. The van der Waals surface area contributed by atoms with E-state index < -0.39 is 5.72 Å². The first kappa shape index (κ1) is 16.3. The number of nitrogens with zero attached hydrogens (tertiary/aromatic N) is 3.